The number of hydrogen-bond donors (Lipinski definition) is 1. The van der Waals surface area contributed by atoms with Crippen molar-refractivity contribution in [2.75, 3.05) is 36.9 Å². The van der Waals surface area contributed by atoms with Crippen LogP contribution in [0.5, 0.6) is 0 Å². The van der Waals surface area contributed by atoms with Crippen LogP contribution in [0.25, 0.3) is 0 Å². The van der Waals surface area contributed by atoms with Gasteiger partial charge in [-0.1, -0.05) is 0 Å². The monoisotopic (exact) mass is 296 g/mol. The summed E-state index contributed by atoms with van der Waals surface area (Å²) in [5.41, 5.74) is 8.34. The van der Waals surface area contributed by atoms with E-state index in [4.69, 9.17) is 10.5 Å². The summed E-state index contributed by atoms with van der Waals surface area (Å²) < 4.78 is 6.53. The predicted molar refractivity (Wildman–Crippen MR) is 73.3 cm³/mol. The molecule has 0 amide bonds. The molecule has 1 aromatic carbocycles. The number of nitrogen functional groups attached to an aromatic ring is 1. The van der Waals surface area contributed by atoms with Gasteiger partial charge in [-0.05, 0) is 47.0 Å². The van der Waals surface area contributed by atoms with Crippen molar-refractivity contribution in [3.63, 3.8) is 0 Å². The molecule has 0 atom stereocenters. The Bertz CT molecular complexity index is 421. The molecule has 0 saturated carbocycles. The van der Waals surface area contributed by atoms with Gasteiger partial charge in [0.25, 0.3) is 0 Å². The molecule has 4 heteroatoms. The molecule has 0 unspecified atom stereocenters. The van der Waals surface area contributed by atoms with Crippen LogP contribution >= 0.6 is 15.9 Å². The molecule has 0 aliphatic carbocycles. The van der Waals surface area contributed by atoms with Crippen molar-refractivity contribution < 1.29 is 4.74 Å². The minimum absolute atomic E-state index is 0.513. The minimum atomic E-state index is 0.513. The second-order valence-corrected chi connectivity index (χ2v) is 6.03. The van der Waals surface area contributed by atoms with Crippen LogP contribution in [-0.4, -0.2) is 26.3 Å². The fourth-order valence-corrected chi connectivity index (χ4v) is 3.48. The lowest BCUT2D eigenvalue weighted by Gasteiger charge is -2.53. The first kappa shape index (κ1) is 11.4. The Morgan fingerprint density at radius 1 is 1.24 bits per heavy atom. The van der Waals surface area contributed by atoms with E-state index in [-0.39, 0.29) is 0 Å². The number of halogens is 1. The highest BCUT2D eigenvalue weighted by atomic mass is 79.9. The first-order valence-electron chi connectivity index (χ1n) is 6.06. The number of benzene rings is 1. The average Bonchev–Trinajstić information content (AvgIpc) is 2.27. The van der Waals surface area contributed by atoms with Gasteiger partial charge in [0.05, 0.1) is 5.69 Å². The lowest BCUT2D eigenvalue weighted by atomic mass is 9.73. The maximum atomic E-state index is 5.76. The van der Waals surface area contributed by atoms with E-state index in [1.54, 1.807) is 0 Å². The SMILES string of the molecule is Nc1ccc(N2CC3(CCOCC3)C2)c(Br)c1. The molecule has 0 aromatic heterocycles. The Labute approximate surface area is 110 Å². The maximum absolute atomic E-state index is 5.76. The summed E-state index contributed by atoms with van der Waals surface area (Å²) in [7, 11) is 0. The van der Waals surface area contributed by atoms with Gasteiger partial charge in [0.15, 0.2) is 0 Å². The van der Waals surface area contributed by atoms with E-state index in [0.717, 1.165) is 36.5 Å². The highest BCUT2D eigenvalue weighted by Gasteiger charge is 2.44. The topological polar surface area (TPSA) is 38.5 Å². The average molecular weight is 297 g/mol. The summed E-state index contributed by atoms with van der Waals surface area (Å²) >= 11 is 3.59. The molecule has 0 radical (unpaired) electrons. The van der Waals surface area contributed by atoms with Gasteiger partial charge < -0.3 is 15.4 Å². The van der Waals surface area contributed by atoms with Gasteiger partial charge >= 0.3 is 0 Å². The number of nitrogens with two attached hydrogens (primary N) is 1. The van der Waals surface area contributed by atoms with Crippen LogP contribution in [-0.2, 0) is 4.74 Å². The van der Waals surface area contributed by atoms with E-state index in [1.165, 1.54) is 18.5 Å². The Balaban J connectivity index is 1.72. The Morgan fingerprint density at radius 3 is 2.59 bits per heavy atom. The predicted octanol–water partition coefficient (Wildman–Crippen LogP) is 2.65. The fraction of sp³-hybridized carbons (Fsp3) is 0.538. The molecular weight excluding hydrogens is 280 g/mol. The minimum Gasteiger partial charge on any atom is -0.399 e. The molecule has 92 valence electrons. The van der Waals surface area contributed by atoms with Gasteiger partial charge in [0, 0.05) is 41.9 Å². The third-order valence-electron chi connectivity index (χ3n) is 3.92. The molecule has 1 aromatic rings. The molecule has 2 N–H and O–H groups in total. The molecule has 2 aliphatic rings. The Morgan fingerprint density at radius 2 is 1.94 bits per heavy atom. The van der Waals surface area contributed by atoms with Crippen molar-refractivity contribution in [3.05, 3.63) is 22.7 Å². The quantitative estimate of drug-likeness (QED) is 0.810. The molecule has 1 spiro atoms. The molecule has 2 fully saturated rings. The van der Waals surface area contributed by atoms with E-state index < -0.39 is 0 Å². The largest absolute Gasteiger partial charge is 0.399 e. The van der Waals surface area contributed by atoms with E-state index in [1.807, 2.05) is 12.1 Å². The zero-order valence-electron chi connectivity index (χ0n) is 9.79. The van der Waals surface area contributed by atoms with Crippen LogP contribution in [0.15, 0.2) is 22.7 Å². The molecule has 2 aliphatic heterocycles. The Hall–Kier alpha value is -0.740. The number of ether oxygens (including phenoxy) is 1. The molecule has 2 saturated heterocycles. The second kappa shape index (κ2) is 4.18. The molecule has 17 heavy (non-hydrogen) atoms. The summed E-state index contributed by atoms with van der Waals surface area (Å²) in [6, 6.07) is 6.05. The lowest BCUT2D eigenvalue weighted by molar-refractivity contribution is -0.000231. The van der Waals surface area contributed by atoms with Crippen molar-refractivity contribution in [1.82, 2.24) is 0 Å². The standard InChI is InChI=1S/C13H17BrN2O/c14-11-7-10(15)1-2-12(11)16-8-13(9-16)3-5-17-6-4-13/h1-2,7H,3-6,8-9,15H2. The van der Waals surface area contributed by atoms with E-state index in [2.05, 4.69) is 26.9 Å². The van der Waals surface area contributed by atoms with Crippen LogP contribution in [0, 0.1) is 5.41 Å². The smallest absolute Gasteiger partial charge is 0.0512 e. The third kappa shape index (κ3) is 2.04. The second-order valence-electron chi connectivity index (χ2n) is 5.18. The van der Waals surface area contributed by atoms with Gasteiger partial charge in [-0.25, -0.2) is 0 Å². The number of nitrogens with zero attached hydrogens (tertiary/aromatic N) is 1. The lowest BCUT2D eigenvalue weighted by Crippen LogP contribution is -2.58. The summed E-state index contributed by atoms with van der Waals surface area (Å²) in [6.45, 7) is 4.16. The fourth-order valence-electron chi connectivity index (χ4n) is 2.83. The maximum Gasteiger partial charge on any atom is 0.0512 e. The molecule has 0 bridgehead atoms. The van der Waals surface area contributed by atoms with Crippen LogP contribution in [0.1, 0.15) is 12.8 Å². The number of anilines is 2. The zero-order chi connectivity index (χ0) is 11.9. The normalized spacial score (nSPS) is 22.5. The number of hydrogen-bond acceptors (Lipinski definition) is 3. The summed E-state index contributed by atoms with van der Waals surface area (Å²) in [5, 5.41) is 0. The summed E-state index contributed by atoms with van der Waals surface area (Å²) in [4.78, 5) is 2.43. The third-order valence-corrected chi connectivity index (χ3v) is 4.55. The molecule has 2 heterocycles. The molecular formula is C13H17BrN2O. The van der Waals surface area contributed by atoms with E-state index in [0.29, 0.717) is 5.41 Å². The van der Waals surface area contributed by atoms with Crippen molar-refractivity contribution >= 4 is 27.3 Å². The zero-order valence-corrected chi connectivity index (χ0v) is 11.4. The molecule has 3 rings (SSSR count). The van der Waals surface area contributed by atoms with Crippen LogP contribution in [0.4, 0.5) is 11.4 Å². The van der Waals surface area contributed by atoms with Gasteiger partial charge in [-0.3, -0.25) is 0 Å². The van der Waals surface area contributed by atoms with Crippen LogP contribution in [0.2, 0.25) is 0 Å². The highest BCUT2D eigenvalue weighted by molar-refractivity contribution is 9.10. The van der Waals surface area contributed by atoms with Crippen molar-refractivity contribution in [2.24, 2.45) is 5.41 Å². The van der Waals surface area contributed by atoms with Crippen LogP contribution < -0.4 is 10.6 Å². The highest BCUT2D eigenvalue weighted by Crippen LogP contribution is 2.44. The van der Waals surface area contributed by atoms with E-state index >= 15 is 0 Å². The first-order valence-corrected chi connectivity index (χ1v) is 6.86. The van der Waals surface area contributed by atoms with Gasteiger partial charge in [-0.15, -0.1) is 0 Å². The van der Waals surface area contributed by atoms with Crippen molar-refractivity contribution in [1.29, 1.82) is 0 Å². The van der Waals surface area contributed by atoms with Crippen molar-refractivity contribution in [3.8, 4) is 0 Å². The van der Waals surface area contributed by atoms with Gasteiger partial charge in [0.1, 0.15) is 0 Å². The summed E-state index contributed by atoms with van der Waals surface area (Å²) in [6.07, 6.45) is 2.41. The van der Waals surface area contributed by atoms with Crippen LogP contribution in [0.3, 0.4) is 0 Å². The van der Waals surface area contributed by atoms with Gasteiger partial charge in [-0.2, -0.15) is 0 Å². The first-order chi connectivity index (χ1) is 8.19. The number of rotatable bonds is 1. The van der Waals surface area contributed by atoms with Gasteiger partial charge in [0.2, 0.25) is 0 Å². The van der Waals surface area contributed by atoms with Crippen molar-refractivity contribution in [2.45, 2.75) is 12.8 Å². The molecule has 3 nitrogen and oxygen atoms in total. The van der Waals surface area contributed by atoms with E-state index in [9.17, 15) is 0 Å². The Kier molecular flexibility index (Phi) is 2.79. The summed E-state index contributed by atoms with van der Waals surface area (Å²) in [5.74, 6) is 0.